The van der Waals surface area contributed by atoms with Gasteiger partial charge in [0.15, 0.2) is 0 Å². The van der Waals surface area contributed by atoms with E-state index in [2.05, 4.69) is 254 Å². The first-order valence-corrected chi connectivity index (χ1v) is 29.2. The molecule has 12 aromatic carbocycles. The molecule has 0 fully saturated rings. The van der Waals surface area contributed by atoms with E-state index < -0.39 is 0 Å². The van der Waals surface area contributed by atoms with Gasteiger partial charge in [0.05, 0.1) is 0 Å². The Balaban J connectivity index is 0.000000175. The molecule has 16 rings (SSSR count). The van der Waals surface area contributed by atoms with Gasteiger partial charge in [0, 0.05) is 60.6 Å². The lowest BCUT2D eigenvalue weighted by Crippen LogP contribution is -2.15. The molecular formula is C82H60N4. The number of aliphatic imine (C=N–C) groups is 1. The topological polar surface area (TPSA) is 51.0 Å². The second kappa shape index (κ2) is 22.0. The van der Waals surface area contributed by atoms with Crippen molar-refractivity contribution in [3.63, 3.8) is 0 Å². The van der Waals surface area contributed by atoms with Crippen LogP contribution in [0.5, 0.6) is 0 Å². The van der Waals surface area contributed by atoms with Gasteiger partial charge in [-0.1, -0.05) is 216 Å². The minimum absolute atomic E-state index is 0.124. The van der Waals surface area contributed by atoms with E-state index in [0.717, 1.165) is 16.7 Å². The molecule has 4 nitrogen and oxygen atoms in total. The maximum Gasteiger partial charge on any atom is 0.0346 e. The van der Waals surface area contributed by atoms with E-state index in [-0.39, 0.29) is 5.41 Å². The third kappa shape index (κ3) is 9.20. The first kappa shape index (κ1) is 53.1. The molecule has 0 atom stereocenters. The second-order valence-electron chi connectivity index (χ2n) is 22.6. The lowest BCUT2D eigenvalue weighted by Gasteiger charge is -2.23. The van der Waals surface area contributed by atoms with Gasteiger partial charge in [-0.15, -0.1) is 0 Å². The Bertz CT molecular complexity index is 5100. The van der Waals surface area contributed by atoms with E-state index in [1.165, 1.54) is 154 Å². The van der Waals surface area contributed by atoms with Crippen LogP contribution >= 0.6 is 0 Å². The van der Waals surface area contributed by atoms with Crippen molar-refractivity contribution in [2.45, 2.75) is 26.2 Å². The summed E-state index contributed by atoms with van der Waals surface area (Å²) in [7, 11) is 0. The molecule has 0 bridgehead atoms. The van der Waals surface area contributed by atoms with Crippen LogP contribution in [-0.4, -0.2) is 21.2 Å². The number of aromatic nitrogens is 3. The predicted octanol–water partition coefficient (Wildman–Crippen LogP) is 22.1. The average Bonchev–Trinajstić information content (AvgIpc) is 1.24. The van der Waals surface area contributed by atoms with Crippen molar-refractivity contribution in [3.05, 3.63) is 304 Å². The Labute approximate surface area is 501 Å². The lowest BCUT2D eigenvalue weighted by molar-refractivity contribution is 0.661. The number of benzene rings is 12. The maximum atomic E-state index is 4.30. The van der Waals surface area contributed by atoms with Crippen molar-refractivity contribution >= 4 is 76.4 Å². The molecule has 0 N–H and O–H groups in total. The molecule has 1 aliphatic carbocycles. The summed E-state index contributed by atoms with van der Waals surface area (Å²) in [6.07, 6.45) is 16.2. The first-order chi connectivity index (χ1) is 42.2. The molecule has 3 aromatic heterocycles. The fraction of sp³-hybridized carbons (Fsp3) is 0.0488. The highest BCUT2D eigenvalue weighted by Crippen LogP contribution is 2.52. The summed E-state index contributed by atoms with van der Waals surface area (Å²) in [6, 6.07) is 80.4. The van der Waals surface area contributed by atoms with Crippen molar-refractivity contribution in [1.82, 2.24) is 15.0 Å². The smallest absolute Gasteiger partial charge is 0.0346 e. The zero-order chi connectivity index (χ0) is 58.5. The van der Waals surface area contributed by atoms with Crippen LogP contribution in [0.4, 0.5) is 0 Å². The maximum absolute atomic E-state index is 4.30. The molecule has 86 heavy (non-hydrogen) atoms. The van der Waals surface area contributed by atoms with Gasteiger partial charge in [-0.05, 0) is 209 Å². The lowest BCUT2D eigenvalue weighted by atomic mass is 9.80. The minimum atomic E-state index is -0.124. The number of pyridine rings is 3. The fourth-order valence-electron chi connectivity index (χ4n) is 13.2. The summed E-state index contributed by atoms with van der Waals surface area (Å²) in [5, 5.41) is 15.4. The molecule has 15 aromatic rings. The number of hydrogen-bond donors (Lipinski definition) is 0. The van der Waals surface area contributed by atoms with Crippen molar-refractivity contribution in [1.29, 1.82) is 0 Å². The molecule has 1 aliphatic rings. The molecule has 4 heteroatoms. The molecular weight excluding hydrogens is 1040 g/mol. The van der Waals surface area contributed by atoms with Crippen molar-refractivity contribution in [2.75, 3.05) is 0 Å². The average molecular weight is 1100 g/mol. The first-order valence-electron chi connectivity index (χ1n) is 29.2. The van der Waals surface area contributed by atoms with Crippen LogP contribution in [0.3, 0.4) is 0 Å². The third-order valence-corrected chi connectivity index (χ3v) is 17.6. The number of allylic oxidation sites excluding steroid dienone is 2. The van der Waals surface area contributed by atoms with Crippen LogP contribution in [0, 0.1) is 0 Å². The summed E-state index contributed by atoms with van der Waals surface area (Å²) in [4.78, 5) is 16.3. The normalized spacial score (nSPS) is 12.3. The molecule has 3 heterocycles. The van der Waals surface area contributed by atoms with E-state index in [4.69, 9.17) is 0 Å². The molecule has 0 amide bonds. The van der Waals surface area contributed by atoms with E-state index in [1.54, 1.807) is 6.21 Å². The highest BCUT2D eigenvalue weighted by molar-refractivity contribution is 6.28. The SMILES string of the molecule is C=CC(=C)c1ccc2ccc3c(-c4cccnc4)ccc4ccc1c2c43.C=CN=CC.CC1(C)c2cc(-c3ccncc3)ccc2-c2ccc(-c3ccc4ccc5c(-c6ccc(-c7ccc(-c8ccncc8)cc7)cc6)ccc6ccc3c4c65)cc21. The second-order valence-corrected chi connectivity index (χ2v) is 22.6. The molecule has 408 valence electrons. The van der Waals surface area contributed by atoms with Crippen LogP contribution in [0.15, 0.2) is 293 Å². The van der Waals surface area contributed by atoms with E-state index >= 15 is 0 Å². The predicted molar refractivity (Wildman–Crippen MR) is 367 cm³/mol. The standard InChI is InChI=1S/C53H36N2.C25H17N.C4H7N/c1-53(2)49-31-41(37-25-29-55-30-26-37)15-19-45(49)46-20-16-42(32-50(46)53)44-18-12-40-13-21-47-43(17-11-39-14-22-48(44)52(40)51(39)47)38-9-7-34(8-10-38)33-3-5-35(6-4-33)36-23-27-54-28-24-36;1-3-16(2)20-10-6-17-9-13-23-21(19-5-4-14-26-15-19)11-7-18-8-12-22(20)24(17)25(18)23;1-3-5-4-2/h3-32H,1-2H3;3-15H,1-2H2;3-4H,1H2,2H3. The van der Waals surface area contributed by atoms with E-state index in [1.807, 2.05) is 68.4 Å². The number of fused-ring (bicyclic) bond motifs is 3. The summed E-state index contributed by atoms with van der Waals surface area (Å²) < 4.78 is 0. The molecule has 0 saturated heterocycles. The van der Waals surface area contributed by atoms with Crippen molar-refractivity contribution in [3.8, 4) is 77.9 Å². The fourth-order valence-corrected chi connectivity index (χ4v) is 13.2. The molecule has 0 spiro atoms. The zero-order valence-corrected chi connectivity index (χ0v) is 48.4. The van der Waals surface area contributed by atoms with E-state index in [0.29, 0.717) is 0 Å². The zero-order valence-electron chi connectivity index (χ0n) is 48.4. The van der Waals surface area contributed by atoms with Gasteiger partial charge >= 0.3 is 0 Å². The summed E-state index contributed by atoms with van der Waals surface area (Å²) >= 11 is 0. The summed E-state index contributed by atoms with van der Waals surface area (Å²) in [6.45, 7) is 18.0. The Morgan fingerprint density at radius 2 is 0.756 bits per heavy atom. The molecule has 0 radical (unpaired) electrons. The quantitative estimate of drug-likeness (QED) is 0.0822. The van der Waals surface area contributed by atoms with Gasteiger partial charge in [-0.2, -0.15) is 0 Å². The van der Waals surface area contributed by atoms with Gasteiger partial charge in [0.2, 0.25) is 0 Å². The summed E-state index contributed by atoms with van der Waals surface area (Å²) in [5.74, 6) is 0. The van der Waals surface area contributed by atoms with Crippen LogP contribution in [0.25, 0.3) is 148 Å². The van der Waals surface area contributed by atoms with Gasteiger partial charge in [-0.3, -0.25) is 19.9 Å². The number of nitrogens with zero attached hydrogens (tertiary/aromatic N) is 4. The van der Waals surface area contributed by atoms with Crippen LogP contribution in [0.1, 0.15) is 37.5 Å². The van der Waals surface area contributed by atoms with Crippen LogP contribution < -0.4 is 0 Å². The largest absolute Gasteiger partial charge is 0.270 e. The third-order valence-electron chi connectivity index (χ3n) is 17.6. The Kier molecular flexibility index (Phi) is 13.6. The van der Waals surface area contributed by atoms with Crippen molar-refractivity contribution in [2.24, 2.45) is 4.99 Å². The molecule has 0 saturated carbocycles. The van der Waals surface area contributed by atoms with Gasteiger partial charge < -0.3 is 0 Å². The highest BCUT2D eigenvalue weighted by Gasteiger charge is 2.36. The van der Waals surface area contributed by atoms with E-state index in [9.17, 15) is 0 Å². The summed E-state index contributed by atoms with van der Waals surface area (Å²) in [5.41, 5.74) is 22.0. The Hall–Kier alpha value is -10.9. The van der Waals surface area contributed by atoms with Gasteiger partial charge in [0.1, 0.15) is 0 Å². The van der Waals surface area contributed by atoms with Crippen molar-refractivity contribution < 1.29 is 0 Å². The van der Waals surface area contributed by atoms with Crippen LogP contribution in [-0.2, 0) is 5.41 Å². The number of hydrogen-bond acceptors (Lipinski definition) is 4. The minimum Gasteiger partial charge on any atom is -0.270 e. The number of rotatable bonds is 9. The molecule has 0 aliphatic heterocycles. The van der Waals surface area contributed by atoms with Crippen LogP contribution in [0.2, 0.25) is 0 Å². The van der Waals surface area contributed by atoms with Gasteiger partial charge in [0.25, 0.3) is 0 Å². The highest BCUT2D eigenvalue weighted by atomic mass is 14.6. The molecule has 0 unspecified atom stereocenters. The Morgan fingerprint density at radius 1 is 0.372 bits per heavy atom. The van der Waals surface area contributed by atoms with Gasteiger partial charge in [-0.25, -0.2) is 0 Å². The monoisotopic (exact) mass is 1100 g/mol. The Morgan fingerprint density at radius 3 is 1.22 bits per heavy atom.